The molecule has 0 unspecified atom stereocenters. The molecule has 0 aliphatic rings. The highest BCUT2D eigenvalue weighted by molar-refractivity contribution is 7.98. The molecule has 0 spiro atoms. The summed E-state index contributed by atoms with van der Waals surface area (Å²) in [5, 5.41) is 0.624. The van der Waals surface area contributed by atoms with Crippen molar-refractivity contribution in [2.24, 2.45) is 0 Å². The van der Waals surface area contributed by atoms with E-state index >= 15 is 0 Å². The standard InChI is InChI=1S/C16H12Cl2O3S/c1-21-16(20)9-4-3-5-13(22-2)15(9)14-10(8-19)11(17)6-7-12(14)18/h3-8H,1-2H3. The van der Waals surface area contributed by atoms with Crippen LogP contribution in [0.2, 0.25) is 10.0 Å². The summed E-state index contributed by atoms with van der Waals surface area (Å²) < 4.78 is 4.83. The average molecular weight is 355 g/mol. The SMILES string of the molecule is COC(=O)c1cccc(SC)c1-c1c(Cl)ccc(Cl)c1C=O. The molecule has 0 bridgehead atoms. The van der Waals surface area contributed by atoms with E-state index < -0.39 is 5.97 Å². The molecule has 6 heteroatoms. The van der Waals surface area contributed by atoms with Crippen molar-refractivity contribution < 1.29 is 14.3 Å². The zero-order valence-corrected chi connectivity index (χ0v) is 14.2. The summed E-state index contributed by atoms with van der Waals surface area (Å²) in [6.07, 6.45) is 2.51. The Morgan fingerprint density at radius 2 is 1.82 bits per heavy atom. The van der Waals surface area contributed by atoms with E-state index in [1.807, 2.05) is 12.3 Å². The van der Waals surface area contributed by atoms with Crippen LogP contribution in [0.5, 0.6) is 0 Å². The van der Waals surface area contributed by atoms with E-state index in [-0.39, 0.29) is 10.6 Å². The molecule has 0 aliphatic heterocycles. The molecule has 0 N–H and O–H groups in total. The summed E-state index contributed by atoms with van der Waals surface area (Å²) in [6, 6.07) is 8.38. The predicted octanol–water partition coefficient (Wildman–Crippen LogP) is 4.98. The number of carbonyl (C=O) groups is 2. The van der Waals surface area contributed by atoms with Gasteiger partial charge in [-0.3, -0.25) is 4.79 Å². The van der Waals surface area contributed by atoms with Crippen LogP contribution in [-0.4, -0.2) is 25.6 Å². The fourth-order valence-corrected chi connectivity index (χ4v) is 3.27. The van der Waals surface area contributed by atoms with Crippen molar-refractivity contribution in [3.8, 4) is 11.1 Å². The molecule has 0 atom stereocenters. The van der Waals surface area contributed by atoms with E-state index in [1.54, 1.807) is 24.3 Å². The molecule has 0 aromatic heterocycles. The van der Waals surface area contributed by atoms with Gasteiger partial charge in [-0.05, 0) is 30.5 Å². The number of carbonyl (C=O) groups excluding carboxylic acids is 2. The van der Waals surface area contributed by atoms with Crippen molar-refractivity contribution in [3.05, 3.63) is 51.5 Å². The number of hydrogen-bond donors (Lipinski definition) is 0. The lowest BCUT2D eigenvalue weighted by atomic mass is 9.95. The van der Waals surface area contributed by atoms with Crippen LogP contribution in [-0.2, 0) is 4.74 Å². The summed E-state index contributed by atoms with van der Waals surface area (Å²) >= 11 is 13.8. The number of methoxy groups -OCH3 is 1. The monoisotopic (exact) mass is 354 g/mol. The zero-order valence-electron chi connectivity index (χ0n) is 11.9. The topological polar surface area (TPSA) is 43.4 Å². The van der Waals surface area contributed by atoms with Gasteiger partial charge in [0.1, 0.15) is 0 Å². The van der Waals surface area contributed by atoms with Crippen LogP contribution < -0.4 is 0 Å². The fraction of sp³-hybridized carbons (Fsp3) is 0.125. The lowest BCUT2D eigenvalue weighted by molar-refractivity contribution is 0.0601. The quantitative estimate of drug-likeness (QED) is 0.441. The maximum absolute atomic E-state index is 12.1. The number of rotatable bonds is 4. The Morgan fingerprint density at radius 1 is 1.14 bits per heavy atom. The molecule has 2 rings (SSSR count). The highest BCUT2D eigenvalue weighted by Crippen LogP contribution is 2.41. The normalized spacial score (nSPS) is 10.4. The van der Waals surface area contributed by atoms with Gasteiger partial charge in [0, 0.05) is 26.6 Å². The van der Waals surface area contributed by atoms with Crippen LogP contribution >= 0.6 is 35.0 Å². The van der Waals surface area contributed by atoms with Gasteiger partial charge in [-0.15, -0.1) is 11.8 Å². The molecule has 0 fully saturated rings. The summed E-state index contributed by atoms with van der Waals surface area (Å²) in [5.74, 6) is -0.501. The van der Waals surface area contributed by atoms with Crippen molar-refractivity contribution >= 4 is 47.2 Å². The van der Waals surface area contributed by atoms with E-state index in [2.05, 4.69) is 0 Å². The third-order valence-electron chi connectivity index (χ3n) is 3.16. The van der Waals surface area contributed by atoms with Gasteiger partial charge in [0.2, 0.25) is 0 Å². The number of benzene rings is 2. The zero-order chi connectivity index (χ0) is 16.3. The van der Waals surface area contributed by atoms with Crippen LogP contribution in [0.4, 0.5) is 0 Å². The molecule has 22 heavy (non-hydrogen) atoms. The Kier molecular flexibility index (Phi) is 5.51. The third-order valence-corrected chi connectivity index (χ3v) is 4.59. The first-order valence-corrected chi connectivity index (χ1v) is 8.22. The van der Waals surface area contributed by atoms with Crippen molar-refractivity contribution in [3.63, 3.8) is 0 Å². The number of aldehydes is 1. The number of hydrogen-bond acceptors (Lipinski definition) is 4. The smallest absolute Gasteiger partial charge is 0.338 e. The van der Waals surface area contributed by atoms with E-state index in [9.17, 15) is 9.59 Å². The molecule has 2 aromatic carbocycles. The second kappa shape index (κ2) is 7.18. The minimum Gasteiger partial charge on any atom is -0.465 e. The van der Waals surface area contributed by atoms with Crippen LogP contribution in [0.25, 0.3) is 11.1 Å². The van der Waals surface area contributed by atoms with Crippen molar-refractivity contribution in [2.75, 3.05) is 13.4 Å². The van der Waals surface area contributed by atoms with E-state index in [0.717, 1.165) is 4.90 Å². The van der Waals surface area contributed by atoms with E-state index in [0.29, 0.717) is 28.0 Å². The number of esters is 1. The lowest BCUT2D eigenvalue weighted by Crippen LogP contribution is -2.06. The average Bonchev–Trinajstić information content (AvgIpc) is 2.55. The summed E-state index contributed by atoms with van der Waals surface area (Å²) in [5.41, 5.74) is 1.58. The second-order valence-electron chi connectivity index (χ2n) is 4.31. The number of halogens is 2. The maximum Gasteiger partial charge on any atom is 0.338 e. The van der Waals surface area contributed by atoms with Gasteiger partial charge in [-0.1, -0.05) is 29.3 Å². The van der Waals surface area contributed by atoms with Crippen molar-refractivity contribution in [1.29, 1.82) is 0 Å². The van der Waals surface area contributed by atoms with Gasteiger partial charge < -0.3 is 4.74 Å². The minimum atomic E-state index is -0.501. The molecule has 0 radical (unpaired) electrons. The van der Waals surface area contributed by atoms with Crippen LogP contribution in [0.1, 0.15) is 20.7 Å². The number of ether oxygens (including phenoxy) is 1. The fourth-order valence-electron chi connectivity index (χ4n) is 2.18. The summed E-state index contributed by atoms with van der Waals surface area (Å²) in [7, 11) is 1.30. The minimum absolute atomic E-state index is 0.251. The third kappa shape index (κ3) is 3.00. The highest BCUT2D eigenvalue weighted by Gasteiger charge is 2.22. The van der Waals surface area contributed by atoms with Gasteiger partial charge in [-0.25, -0.2) is 4.79 Å². The molecular formula is C16H12Cl2O3S. The largest absolute Gasteiger partial charge is 0.465 e. The van der Waals surface area contributed by atoms with Crippen LogP contribution in [0.3, 0.4) is 0 Å². The Balaban J connectivity index is 2.91. The van der Waals surface area contributed by atoms with Crippen molar-refractivity contribution in [1.82, 2.24) is 0 Å². The predicted molar refractivity (Wildman–Crippen MR) is 90.4 cm³/mol. The molecule has 0 amide bonds. The van der Waals surface area contributed by atoms with Gasteiger partial charge in [0.15, 0.2) is 6.29 Å². The Labute approximate surface area is 142 Å². The molecule has 0 aliphatic carbocycles. The van der Waals surface area contributed by atoms with E-state index in [1.165, 1.54) is 18.9 Å². The van der Waals surface area contributed by atoms with E-state index in [4.69, 9.17) is 27.9 Å². The molecule has 2 aromatic rings. The van der Waals surface area contributed by atoms with Gasteiger partial charge in [0.25, 0.3) is 0 Å². The van der Waals surface area contributed by atoms with Gasteiger partial charge in [0.05, 0.1) is 17.7 Å². The Hall–Kier alpha value is -1.49. The first-order chi connectivity index (χ1) is 10.5. The molecule has 0 saturated carbocycles. The van der Waals surface area contributed by atoms with Gasteiger partial charge in [-0.2, -0.15) is 0 Å². The first kappa shape index (κ1) is 16.9. The molecular weight excluding hydrogens is 343 g/mol. The number of thioether (sulfide) groups is 1. The van der Waals surface area contributed by atoms with Crippen LogP contribution in [0, 0.1) is 0 Å². The summed E-state index contributed by atoms with van der Waals surface area (Å²) in [6.45, 7) is 0. The molecule has 3 nitrogen and oxygen atoms in total. The first-order valence-electron chi connectivity index (χ1n) is 6.24. The molecule has 114 valence electrons. The Bertz CT molecular complexity index is 744. The second-order valence-corrected chi connectivity index (χ2v) is 5.97. The summed E-state index contributed by atoms with van der Waals surface area (Å²) in [4.78, 5) is 24.3. The van der Waals surface area contributed by atoms with Gasteiger partial charge >= 0.3 is 5.97 Å². The lowest BCUT2D eigenvalue weighted by Gasteiger charge is -2.16. The molecule has 0 heterocycles. The van der Waals surface area contributed by atoms with Crippen molar-refractivity contribution in [2.45, 2.75) is 4.90 Å². The molecule has 0 saturated heterocycles. The van der Waals surface area contributed by atoms with Crippen LogP contribution in [0.15, 0.2) is 35.2 Å². The maximum atomic E-state index is 12.1. The highest BCUT2D eigenvalue weighted by atomic mass is 35.5. The Morgan fingerprint density at radius 3 is 2.41 bits per heavy atom.